The lowest BCUT2D eigenvalue weighted by Crippen LogP contribution is -2.29. The summed E-state index contributed by atoms with van der Waals surface area (Å²) >= 11 is 0. The lowest BCUT2D eigenvalue weighted by molar-refractivity contribution is 0.360. The van der Waals surface area contributed by atoms with Gasteiger partial charge in [0.05, 0.1) is 0 Å². The molecule has 1 aliphatic heterocycles. The Balaban J connectivity index is 2.13. The molecule has 2 heterocycles. The van der Waals surface area contributed by atoms with E-state index in [0.29, 0.717) is 0 Å². The minimum atomic E-state index is 1.13. The number of anilines is 1. The fourth-order valence-electron chi connectivity index (χ4n) is 2.11. The molecule has 1 saturated heterocycles. The molecular weight excluding hydrogens is 186 g/mol. The lowest BCUT2D eigenvalue weighted by Gasteiger charge is -2.24. The van der Waals surface area contributed by atoms with Crippen LogP contribution in [0, 0.1) is 6.92 Å². The van der Waals surface area contributed by atoms with E-state index in [0.717, 1.165) is 19.6 Å². The number of aryl methyl sites for hydroxylation is 1. The van der Waals surface area contributed by atoms with Crippen LogP contribution in [-0.2, 0) is 0 Å². The Hall–Kier alpha value is -1.09. The van der Waals surface area contributed by atoms with Crippen molar-refractivity contribution in [2.75, 3.05) is 38.1 Å². The molecule has 0 unspecified atom stereocenters. The molecule has 0 bridgehead atoms. The van der Waals surface area contributed by atoms with Gasteiger partial charge in [0.1, 0.15) is 0 Å². The van der Waals surface area contributed by atoms with E-state index in [1.807, 2.05) is 12.4 Å². The number of hydrogen-bond acceptors (Lipinski definition) is 3. The molecule has 1 aromatic rings. The monoisotopic (exact) mass is 205 g/mol. The second-order valence-electron chi connectivity index (χ2n) is 4.31. The molecule has 0 aliphatic carbocycles. The van der Waals surface area contributed by atoms with Crippen molar-refractivity contribution in [2.45, 2.75) is 13.3 Å². The largest absolute Gasteiger partial charge is 0.370 e. The average molecular weight is 205 g/mol. The number of hydrogen-bond donors (Lipinski definition) is 0. The summed E-state index contributed by atoms with van der Waals surface area (Å²) in [5, 5.41) is 0. The van der Waals surface area contributed by atoms with Crippen LogP contribution in [0.15, 0.2) is 18.5 Å². The minimum absolute atomic E-state index is 1.13. The molecule has 0 saturated carbocycles. The molecule has 2 rings (SSSR count). The highest BCUT2D eigenvalue weighted by Gasteiger charge is 2.13. The number of rotatable bonds is 1. The van der Waals surface area contributed by atoms with Crippen LogP contribution in [0.5, 0.6) is 0 Å². The predicted octanol–water partition coefficient (Wildman–Crippen LogP) is 1.53. The maximum atomic E-state index is 4.14. The zero-order valence-electron chi connectivity index (χ0n) is 9.61. The maximum Gasteiger partial charge on any atom is 0.0427 e. The first-order valence-electron chi connectivity index (χ1n) is 5.61. The summed E-state index contributed by atoms with van der Waals surface area (Å²) in [6.45, 7) is 6.79. The molecule has 0 spiro atoms. The Bertz CT molecular complexity index is 324. The topological polar surface area (TPSA) is 19.4 Å². The number of pyridine rings is 1. The Morgan fingerprint density at radius 3 is 2.87 bits per heavy atom. The molecular formula is C12H19N3. The number of aromatic nitrogens is 1. The van der Waals surface area contributed by atoms with Crippen LogP contribution in [0.3, 0.4) is 0 Å². The summed E-state index contributed by atoms with van der Waals surface area (Å²) in [4.78, 5) is 9.01. The van der Waals surface area contributed by atoms with Gasteiger partial charge in [-0.25, -0.2) is 0 Å². The van der Waals surface area contributed by atoms with Gasteiger partial charge in [0.2, 0.25) is 0 Å². The fourth-order valence-corrected chi connectivity index (χ4v) is 2.11. The van der Waals surface area contributed by atoms with Crippen molar-refractivity contribution in [2.24, 2.45) is 0 Å². The van der Waals surface area contributed by atoms with Crippen molar-refractivity contribution >= 4 is 5.69 Å². The summed E-state index contributed by atoms with van der Waals surface area (Å²) in [5.74, 6) is 0. The van der Waals surface area contributed by atoms with Gasteiger partial charge in [0, 0.05) is 37.7 Å². The first kappa shape index (κ1) is 10.4. The van der Waals surface area contributed by atoms with E-state index < -0.39 is 0 Å². The third-order valence-electron chi connectivity index (χ3n) is 3.05. The molecule has 0 N–H and O–H groups in total. The summed E-state index contributed by atoms with van der Waals surface area (Å²) in [6.07, 6.45) is 5.08. The van der Waals surface area contributed by atoms with Crippen molar-refractivity contribution in [3.63, 3.8) is 0 Å². The lowest BCUT2D eigenvalue weighted by atomic mass is 10.2. The molecule has 0 radical (unpaired) electrons. The third kappa shape index (κ3) is 2.48. The summed E-state index contributed by atoms with van der Waals surface area (Å²) in [5.41, 5.74) is 2.63. The molecule has 15 heavy (non-hydrogen) atoms. The van der Waals surface area contributed by atoms with E-state index in [2.05, 4.69) is 34.8 Å². The second kappa shape index (κ2) is 4.62. The summed E-state index contributed by atoms with van der Waals surface area (Å²) < 4.78 is 0. The Kier molecular flexibility index (Phi) is 3.21. The summed E-state index contributed by atoms with van der Waals surface area (Å²) in [6, 6.07) is 2.13. The van der Waals surface area contributed by atoms with Crippen LogP contribution < -0.4 is 4.90 Å². The van der Waals surface area contributed by atoms with E-state index in [1.54, 1.807) is 0 Å². The van der Waals surface area contributed by atoms with Crippen LogP contribution >= 0.6 is 0 Å². The van der Waals surface area contributed by atoms with E-state index in [4.69, 9.17) is 0 Å². The van der Waals surface area contributed by atoms with Gasteiger partial charge >= 0.3 is 0 Å². The van der Waals surface area contributed by atoms with Crippen LogP contribution in [-0.4, -0.2) is 43.1 Å². The second-order valence-corrected chi connectivity index (χ2v) is 4.31. The van der Waals surface area contributed by atoms with Gasteiger partial charge in [0.15, 0.2) is 0 Å². The molecule has 82 valence electrons. The van der Waals surface area contributed by atoms with Crippen LogP contribution in [0.1, 0.15) is 12.0 Å². The van der Waals surface area contributed by atoms with Gasteiger partial charge in [0.25, 0.3) is 0 Å². The third-order valence-corrected chi connectivity index (χ3v) is 3.05. The number of likely N-dealkylation sites (N-methyl/N-ethyl adjacent to an activating group) is 1. The molecule has 1 fully saturated rings. The van der Waals surface area contributed by atoms with E-state index in [-0.39, 0.29) is 0 Å². The number of nitrogens with zero attached hydrogens (tertiary/aromatic N) is 3. The fraction of sp³-hybridized carbons (Fsp3) is 0.583. The zero-order valence-corrected chi connectivity index (χ0v) is 9.61. The van der Waals surface area contributed by atoms with Crippen LogP contribution in [0.4, 0.5) is 5.69 Å². The van der Waals surface area contributed by atoms with Crippen molar-refractivity contribution < 1.29 is 0 Å². The van der Waals surface area contributed by atoms with Crippen LogP contribution in [0.25, 0.3) is 0 Å². The van der Waals surface area contributed by atoms with Crippen molar-refractivity contribution in [1.82, 2.24) is 9.88 Å². The Morgan fingerprint density at radius 2 is 2.07 bits per heavy atom. The van der Waals surface area contributed by atoms with Crippen molar-refractivity contribution in [3.05, 3.63) is 24.0 Å². The van der Waals surface area contributed by atoms with E-state index in [1.165, 1.54) is 24.2 Å². The highest BCUT2D eigenvalue weighted by molar-refractivity contribution is 5.51. The first-order valence-corrected chi connectivity index (χ1v) is 5.61. The minimum Gasteiger partial charge on any atom is -0.370 e. The van der Waals surface area contributed by atoms with Gasteiger partial charge in [-0.15, -0.1) is 0 Å². The molecule has 1 aliphatic rings. The normalized spacial score (nSPS) is 18.9. The Labute approximate surface area is 91.7 Å². The summed E-state index contributed by atoms with van der Waals surface area (Å²) in [7, 11) is 2.20. The van der Waals surface area contributed by atoms with Gasteiger partial charge in [-0.3, -0.25) is 4.98 Å². The molecule has 3 nitrogen and oxygen atoms in total. The van der Waals surface area contributed by atoms with Gasteiger partial charge in [-0.1, -0.05) is 0 Å². The van der Waals surface area contributed by atoms with Gasteiger partial charge in [-0.2, -0.15) is 0 Å². The molecule has 0 amide bonds. The first-order chi connectivity index (χ1) is 7.27. The molecule has 3 heteroatoms. The SMILES string of the molecule is Cc1cnccc1N1CCCN(C)CC1. The van der Waals surface area contributed by atoms with E-state index >= 15 is 0 Å². The molecule has 0 atom stereocenters. The van der Waals surface area contributed by atoms with Gasteiger partial charge < -0.3 is 9.80 Å². The van der Waals surface area contributed by atoms with E-state index in [9.17, 15) is 0 Å². The Morgan fingerprint density at radius 1 is 1.20 bits per heavy atom. The highest BCUT2D eigenvalue weighted by Crippen LogP contribution is 2.19. The average Bonchev–Trinajstić information content (AvgIpc) is 2.44. The quantitative estimate of drug-likeness (QED) is 0.693. The molecule has 1 aromatic heterocycles. The zero-order chi connectivity index (χ0) is 10.7. The van der Waals surface area contributed by atoms with Crippen molar-refractivity contribution in [3.8, 4) is 0 Å². The van der Waals surface area contributed by atoms with Gasteiger partial charge in [-0.05, 0) is 38.6 Å². The van der Waals surface area contributed by atoms with Crippen LogP contribution in [0.2, 0.25) is 0 Å². The van der Waals surface area contributed by atoms with Crippen molar-refractivity contribution in [1.29, 1.82) is 0 Å². The standard InChI is InChI=1S/C12H19N3/c1-11-10-13-5-4-12(11)15-7-3-6-14(2)8-9-15/h4-5,10H,3,6-9H2,1-2H3. The highest BCUT2D eigenvalue weighted by atomic mass is 15.2. The predicted molar refractivity (Wildman–Crippen MR) is 63.3 cm³/mol. The molecule has 0 aromatic carbocycles. The maximum absolute atomic E-state index is 4.14. The smallest absolute Gasteiger partial charge is 0.0427 e.